The Morgan fingerprint density at radius 2 is 1.86 bits per heavy atom. The maximum absolute atomic E-state index is 5.68. The third kappa shape index (κ3) is 5.23. The molecule has 0 saturated carbocycles. The van der Waals surface area contributed by atoms with Crippen LogP contribution in [0.2, 0.25) is 0 Å². The first-order chi connectivity index (χ1) is 10.2. The molecule has 2 aromatic rings. The fourth-order valence-electron chi connectivity index (χ4n) is 1.99. The fourth-order valence-corrected chi connectivity index (χ4v) is 1.99. The molecule has 0 atom stereocenters. The van der Waals surface area contributed by atoms with Crippen molar-refractivity contribution in [1.29, 1.82) is 0 Å². The first-order valence-corrected chi connectivity index (χ1v) is 7.61. The van der Waals surface area contributed by atoms with Crippen molar-refractivity contribution in [2.45, 2.75) is 40.4 Å². The summed E-state index contributed by atoms with van der Waals surface area (Å²) in [5, 5.41) is 7.70. The van der Waals surface area contributed by atoms with Gasteiger partial charge in [0, 0.05) is 31.4 Å². The predicted octanol–water partition coefficient (Wildman–Crippen LogP) is 3.23. The Labute approximate surface area is 127 Å². The van der Waals surface area contributed by atoms with Crippen molar-refractivity contribution in [3.05, 3.63) is 47.8 Å². The smallest absolute Gasteiger partial charge is 0.119 e. The second-order valence-corrected chi connectivity index (χ2v) is 5.66. The van der Waals surface area contributed by atoms with E-state index in [9.17, 15) is 0 Å². The average Bonchev–Trinajstić information content (AvgIpc) is 2.94. The lowest BCUT2D eigenvalue weighted by Crippen LogP contribution is -2.12. The second-order valence-electron chi connectivity index (χ2n) is 5.66. The van der Waals surface area contributed by atoms with Gasteiger partial charge in [-0.15, -0.1) is 0 Å². The second kappa shape index (κ2) is 7.84. The van der Waals surface area contributed by atoms with E-state index in [1.165, 1.54) is 11.1 Å². The van der Waals surface area contributed by atoms with E-state index in [-0.39, 0.29) is 0 Å². The van der Waals surface area contributed by atoms with Gasteiger partial charge in [-0.1, -0.05) is 26.0 Å². The zero-order valence-corrected chi connectivity index (χ0v) is 13.2. The largest absolute Gasteiger partial charge is 0.493 e. The van der Waals surface area contributed by atoms with E-state index in [1.54, 1.807) is 0 Å². The number of hydrogen-bond acceptors (Lipinski definition) is 3. The van der Waals surface area contributed by atoms with Crippen molar-refractivity contribution in [3.63, 3.8) is 0 Å². The molecular weight excluding hydrogens is 262 g/mol. The Kier molecular flexibility index (Phi) is 5.81. The van der Waals surface area contributed by atoms with Gasteiger partial charge in [0.1, 0.15) is 5.75 Å². The number of nitrogens with zero attached hydrogens (tertiary/aromatic N) is 2. The number of aromatic nitrogens is 2. The molecule has 1 aromatic heterocycles. The number of hydrogen-bond donors (Lipinski definition) is 1. The summed E-state index contributed by atoms with van der Waals surface area (Å²) in [6, 6.07) is 8.29. The Morgan fingerprint density at radius 1 is 1.14 bits per heavy atom. The average molecular weight is 287 g/mol. The van der Waals surface area contributed by atoms with Crippen LogP contribution >= 0.6 is 0 Å². The summed E-state index contributed by atoms with van der Waals surface area (Å²) in [4.78, 5) is 0. The molecule has 4 heteroatoms. The van der Waals surface area contributed by atoms with E-state index < -0.39 is 0 Å². The van der Waals surface area contributed by atoms with Crippen LogP contribution in [0.3, 0.4) is 0 Å². The van der Waals surface area contributed by atoms with E-state index in [2.05, 4.69) is 49.5 Å². The first kappa shape index (κ1) is 15.6. The molecule has 0 fully saturated rings. The van der Waals surface area contributed by atoms with Gasteiger partial charge in [-0.2, -0.15) is 5.10 Å². The number of ether oxygens (including phenoxy) is 1. The molecule has 21 heavy (non-hydrogen) atoms. The highest BCUT2D eigenvalue weighted by molar-refractivity contribution is 5.27. The Morgan fingerprint density at radius 3 is 2.48 bits per heavy atom. The standard InChI is InChI=1S/C17H25N3O/c1-4-20-12-16(11-19-20)10-18-9-15-5-7-17(8-6-15)21-13-14(2)3/h5-8,11-12,14,18H,4,9-10,13H2,1-3H3. The molecule has 0 bridgehead atoms. The molecule has 0 aliphatic rings. The van der Waals surface area contributed by atoms with Gasteiger partial charge in [-0.05, 0) is 30.5 Å². The summed E-state index contributed by atoms with van der Waals surface area (Å²) < 4.78 is 7.62. The topological polar surface area (TPSA) is 39.1 Å². The Hall–Kier alpha value is -1.81. The maximum Gasteiger partial charge on any atom is 0.119 e. The summed E-state index contributed by atoms with van der Waals surface area (Å²) in [7, 11) is 0. The zero-order valence-electron chi connectivity index (χ0n) is 13.2. The minimum absolute atomic E-state index is 0.551. The summed E-state index contributed by atoms with van der Waals surface area (Å²) in [5.74, 6) is 1.49. The number of nitrogens with one attached hydrogen (secondary N) is 1. The number of aryl methyl sites for hydroxylation is 1. The normalized spacial score (nSPS) is 11.0. The lowest BCUT2D eigenvalue weighted by molar-refractivity contribution is 0.271. The van der Waals surface area contributed by atoms with Crippen molar-refractivity contribution in [2.75, 3.05) is 6.61 Å². The molecule has 1 N–H and O–H groups in total. The first-order valence-electron chi connectivity index (χ1n) is 7.61. The van der Waals surface area contributed by atoms with Gasteiger partial charge in [-0.3, -0.25) is 4.68 Å². The highest BCUT2D eigenvalue weighted by atomic mass is 16.5. The van der Waals surface area contributed by atoms with Gasteiger partial charge in [0.15, 0.2) is 0 Å². The molecule has 0 unspecified atom stereocenters. The predicted molar refractivity (Wildman–Crippen MR) is 85.2 cm³/mol. The third-order valence-electron chi connectivity index (χ3n) is 3.18. The van der Waals surface area contributed by atoms with Crippen LogP contribution < -0.4 is 10.1 Å². The molecule has 0 amide bonds. The van der Waals surface area contributed by atoms with Gasteiger partial charge >= 0.3 is 0 Å². The number of rotatable bonds is 8. The van der Waals surface area contributed by atoms with Crippen LogP contribution in [0.1, 0.15) is 31.9 Å². The monoisotopic (exact) mass is 287 g/mol. The minimum atomic E-state index is 0.551. The minimum Gasteiger partial charge on any atom is -0.493 e. The molecule has 0 aliphatic carbocycles. The van der Waals surface area contributed by atoms with Crippen LogP contribution in [0.5, 0.6) is 5.75 Å². The van der Waals surface area contributed by atoms with Gasteiger partial charge in [0.2, 0.25) is 0 Å². The van der Waals surface area contributed by atoms with Gasteiger partial charge in [0.25, 0.3) is 0 Å². The molecule has 0 radical (unpaired) electrons. The summed E-state index contributed by atoms with van der Waals surface area (Å²) in [5.41, 5.74) is 2.48. The molecule has 0 spiro atoms. The van der Waals surface area contributed by atoms with Crippen molar-refractivity contribution in [3.8, 4) is 5.75 Å². The van der Waals surface area contributed by atoms with Gasteiger partial charge in [0.05, 0.1) is 12.8 Å². The summed E-state index contributed by atoms with van der Waals surface area (Å²) >= 11 is 0. The Bertz CT molecular complexity index is 531. The lowest BCUT2D eigenvalue weighted by atomic mass is 10.2. The summed E-state index contributed by atoms with van der Waals surface area (Å²) in [6.07, 6.45) is 4.00. The van der Waals surface area contributed by atoms with Crippen LogP contribution in [0, 0.1) is 5.92 Å². The molecule has 0 saturated heterocycles. The highest BCUT2D eigenvalue weighted by Gasteiger charge is 2.00. The molecule has 1 aromatic carbocycles. The SMILES string of the molecule is CCn1cc(CNCc2ccc(OCC(C)C)cc2)cn1. The third-order valence-corrected chi connectivity index (χ3v) is 3.18. The van der Waals surface area contributed by atoms with Gasteiger partial charge in [-0.25, -0.2) is 0 Å². The van der Waals surface area contributed by atoms with Crippen molar-refractivity contribution >= 4 is 0 Å². The molecular formula is C17H25N3O. The fraction of sp³-hybridized carbons (Fsp3) is 0.471. The van der Waals surface area contributed by atoms with E-state index in [1.807, 2.05) is 23.0 Å². The van der Waals surface area contributed by atoms with E-state index >= 15 is 0 Å². The van der Waals surface area contributed by atoms with E-state index in [4.69, 9.17) is 4.74 Å². The summed E-state index contributed by atoms with van der Waals surface area (Å²) in [6.45, 7) is 9.76. The molecule has 1 heterocycles. The zero-order chi connectivity index (χ0) is 15.1. The molecule has 4 nitrogen and oxygen atoms in total. The lowest BCUT2D eigenvalue weighted by Gasteiger charge is -2.09. The van der Waals surface area contributed by atoms with Crippen molar-refractivity contribution < 1.29 is 4.74 Å². The maximum atomic E-state index is 5.68. The van der Waals surface area contributed by atoms with E-state index in [0.29, 0.717) is 5.92 Å². The number of benzene rings is 1. The highest BCUT2D eigenvalue weighted by Crippen LogP contribution is 2.13. The Balaban J connectivity index is 1.75. The van der Waals surface area contributed by atoms with Crippen molar-refractivity contribution in [2.24, 2.45) is 5.92 Å². The molecule has 114 valence electrons. The van der Waals surface area contributed by atoms with Crippen LogP contribution in [0.4, 0.5) is 0 Å². The quantitative estimate of drug-likeness (QED) is 0.810. The molecule has 0 aliphatic heterocycles. The van der Waals surface area contributed by atoms with E-state index in [0.717, 1.165) is 32.0 Å². The van der Waals surface area contributed by atoms with Crippen molar-refractivity contribution in [1.82, 2.24) is 15.1 Å². The van der Waals surface area contributed by atoms with Crippen LogP contribution in [-0.4, -0.2) is 16.4 Å². The van der Waals surface area contributed by atoms with Crippen LogP contribution in [0.15, 0.2) is 36.7 Å². The van der Waals surface area contributed by atoms with Crippen LogP contribution in [0.25, 0.3) is 0 Å². The molecule has 2 rings (SSSR count). The van der Waals surface area contributed by atoms with Crippen LogP contribution in [-0.2, 0) is 19.6 Å². The van der Waals surface area contributed by atoms with Gasteiger partial charge < -0.3 is 10.1 Å².